The standard InChI is InChI=1S/C20H19F3N2O4/c1-20(2,12-6-4-3-5-7-12)19(28)29-11-16(27)24-10-15(26)25-14-9-8-13(21)17(22)18(14)23/h3-9H,10-11H2,1-2H3,(H,24,27)(H,25,26). The lowest BCUT2D eigenvalue weighted by Gasteiger charge is -2.22. The van der Waals surface area contributed by atoms with Crippen LogP contribution < -0.4 is 10.6 Å². The zero-order chi connectivity index (χ0) is 21.6. The number of carbonyl (C=O) groups is 3. The van der Waals surface area contributed by atoms with Crippen LogP contribution in [-0.2, 0) is 24.5 Å². The molecule has 2 aromatic rings. The Morgan fingerprint density at radius 2 is 1.59 bits per heavy atom. The van der Waals surface area contributed by atoms with Crippen molar-refractivity contribution in [3.05, 3.63) is 65.5 Å². The van der Waals surface area contributed by atoms with E-state index in [1.807, 2.05) is 5.32 Å². The highest BCUT2D eigenvalue weighted by Crippen LogP contribution is 2.24. The van der Waals surface area contributed by atoms with Crippen molar-refractivity contribution < 1.29 is 32.3 Å². The first-order valence-electron chi connectivity index (χ1n) is 8.55. The molecule has 29 heavy (non-hydrogen) atoms. The van der Waals surface area contributed by atoms with Gasteiger partial charge in [-0.25, -0.2) is 13.2 Å². The minimum absolute atomic E-state index is 0.570. The van der Waals surface area contributed by atoms with E-state index in [9.17, 15) is 27.6 Å². The molecule has 0 aromatic heterocycles. The highest BCUT2D eigenvalue weighted by molar-refractivity contribution is 5.95. The largest absolute Gasteiger partial charge is 0.455 e. The summed E-state index contributed by atoms with van der Waals surface area (Å²) in [4.78, 5) is 35.8. The van der Waals surface area contributed by atoms with Crippen LogP contribution in [-0.4, -0.2) is 30.9 Å². The van der Waals surface area contributed by atoms with Crippen LogP contribution in [0.4, 0.5) is 18.9 Å². The molecule has 6 nitrogen and oxygen atoms in total. The number of nitrogens with one attached hydrogen (secondary N) is 2. The van der Waals surface area contributed by atoms with E-state index in [-0.39, 0.29) is 0 Å². The van der Waals surface area contributed by atoms with Crippen molar-refractivity contribution in [2.45, 2.75) is 19.3 Å². The van der Waals surface area contributed by atoms with Crippen LogP contribution in [0, 0.1) is 17.5 Å². The van der Waals surface area contributed by atoms with Crippen molar-refractivity contribution in [3.63, 3.8) is 0 Å². The maximum absolute atomic E-state index is 13.5. The van der Waals surface area contributed by atoms with Crippen LogP contribution in [0.3, 0.4) is 0 Å². The number of ether oxygens (including phenoxy) is 1. The number of rotatable bonds is 7. The second kappa shape index (κ2) is 9.22. The van der Waals surface area contributed by atoms with Crippen LogP contribution in [0.1, 0.15) is 19.4 Å². The van der Waals surface area contributed by atoms with Crippen molar-refractivity contribution in [1.29, 1.82) is 0 Å². The highest BCUT2D eigenvalue weighted by Gasteiger charge is 2.31. The normalized spacial score (nSPS) is 10.9. The van der Waals surface area contributed by atoms with Gasteiger partial charge >= 0.3 is 5.97 Å². The summed E-state index contributed by atoms with van der Waals surface area (Å²) < 4.78 is 44.5. The topological polar surface area (TPSA) is 84.5 Å². The summed E-state index contributed by atoms with van der Waals surface area (Å²) in [5.41, 5.74) is -0.846. The monoisotopic (exact) mass is 408 g/mol. The molecule has 2 amide bonds. The van der Waals surface area contributed by atoms with E-state index in [1.165, 1.54) is 0 Å². The van der Waals surface area contributed by atoms with Gasteiger partial charge in [0, 0.05) is 0 Å². The molecule has 0 heterocycles. The summed E-state index contributed by atoms with van der Waals surface area (Å²) in [5, 5.41) is 4.18. The van der Waals surface area contributed by atoms with Gasteiger partial charge in [-0.15, -0.1) is 0 Å². The van der Waals surface area contributed by atoms with E-state index >= 15 is 0 Å². The number of amides is 2. The molecule has 0 fully saturated rings. The molecular formula is C20H19F3N2O4. The molecule has 154 valence electrons. The lowest BCUT2D eigenvalue weighted by Crippen LogP contribution is -2.38. The number of hydrogen-bond acceptors (Lipinski definition) is 4. The summed E-state index contributed by atoms with van der Waals surface area (Å²) in [6.45, 7) is 2.08. The Kier molecular flexibility index (Phi) is 6.98. The summed E-state index contributed by atoms with van der Waals surface area (Å²) in [5.74, 6) is -6.94. The molecule has 0 unspecified atom stereocenters. The van der Waals surface area contributed by atoms with Crippen LogP contribution in [0.5, 0.6) is 0 Å². The van der Waals surface area contributed by atoms with Crippen molar-refractivity contribution in [2.75, 3.05) is 18.5 Å². The molecule has 9 heteroatoms. The number of hydrogen-bond donors (Lipinski definition) is 2. The summed E-state index contributed by atoms with van der Waals surface area (Å²) in [6, 6.07) is 10.3. The van der Waals surface area contributed by atoms with Gasteiger partial charge in [-0.2, -0.15) is 0 Å². The maximum Gasteiger partial charge on any atom is 0.316 e. The molecule has 0 aliphatic heterocycles. The number of benzene rings is 2. The second-order valence-electron chi connectivity index (χ2n) is 6.61. The number of halogens is 3. The zero-order valence-electron chi connectivity index (χ0n) is 15.7. The fourth-order valence-electron chi connectivity index (χ4n) is 2.33. The van der Waals surface area contributed by atoms with Gasteiger partial charge in [0.15, 0.2) is 24.1 Å². The quantitative estimate of drug-likeness (QED) is 0.545. The van der Waals surface area contributed by atoms with Crippen molar-refractivity contribution in [2.24, 2.45) is 0 Å². The fourth-order valence-corrected chi connectivity index (χ4v) is 2.33. The molecule has 2 N–H and O–H groups in total. The minimum atomic E-state index is -1.72. The molecule has 0 aliphatic carbocycles. The Balaban J connectivity index is 1.82. The SMILES string of the molecule is CC(C)(C(=O)OCC(=O)NCC(=O)Nc1ccc(F)c(F)c1F)c1ccccc1. The molecule has 0 radical (unpaired) electrons. The Labute approximate surface area is 165 Å². The first kappa shape index (κ1) is 21.9. The smallest absolute Gasteiger partial charge is 0.316 e. The van der Waals surface area contributed by atoms with Gasteiger partial charge < -0.3 is 15.4 Å². The van der Waals surface area contributed by atoms with Gasteiger partial charge in [-0.1, -0.05) is 30.3 Å². The molecule has 2 aromatic carbocycles. The van der Waals surface area contributed by atoms with Gasteiger partial charge in [0.2, 0.25) is 5.91 Å². The predicted molar refractivity (Wildman–Crippen MR) is 98.4 cm³/mol. The average Bonchev–Trinajstić information content (AvgIpc) is 2.71. The van der Waals surface area contributed by atoms with E-state index in [2.05, 4.69) is 5.32 Å². The molecule has 0 spiro atoms. The van der Waals surface area contributed by atoms with Crippen LogP contribution in [0.15, 0.2) is 42.5 Å². The predicted octanol–water partition coefficient (Wildman–Crippen LogP) is 2.68. The van der Waals surface area contributed by atoms with Gasteiger partial charge in [0.1, 0.15) is 0 Å². The lowest BCUT2D eigenvalue weighted by atomic mass is 9.85. The molecule has 0 atom stereocenters. The lowest BCUT2D eigenvalue weighted by molar-refractivity contribution is -0.153. The first-order chi connectivity index (χ1) is 13.6. The van der Waals surface area contributed by atoms with E-state index < -0.39 is 59.5 Å². The van der Waals surface area contributed by atoms with Gasteiger partial charge in [0.05, 0.1) is 17.6 Å². The molecule has 0 saturated heterocycles. The fraction of sp³-hybridized carbons (Fsp3) is 0.250. The number of esters is 1. The van der Waals surface area contributed by atoms with E-state index in [1.54, 1.807) is 44.2 Å². The average molecular weight is 408 g/mol. The molecule has 0 aliphatic rings. The summed E-state index contributed by atoms with van der Waals surface area (Å²) in [6.07, 6.45) is 0. The highest BCUT2D eigenvalue weighted by atomic mass is 19.2. The van der Waals surface area contributed by atoms with Gasteiger partial charge in [-0.3, -0.25) is 14.4 Å². The van der Waals surface area contributed by atoms with Crippen molar-refractivity contribution in [3.8, 4) is 0 Å². The van der Waals surface area contributed by atoms with Gasteiger partial charge in [-0.05, 0) is 31.5 Å². The van der Waals surface area contributed by atoms with E-state index in [0.29, 0.717) is 11.6 Å². The third-order valence-electron chi connectivity index (χ3n) is 4.10. The van der Waals surface area contributed by atoms with E-state index in [4.69, 9.17) is 4.74 Å². The van der Waals surface area contributed by atoms with Gasteiger partial charge in [0.25, 0.3) is 5.91 Å². The van der Waals surface area contributed by atoms with Crippen molar-refractivity contribution in [1.82, 2.24) is 5.32 Å². The summed E-state index contributed by atoms with van der Waals surface area (Å²) in [7, 11) is 0. The third-order valence-corrected chi connectivity index (χ3v) is 4.10. The minimum Gasteiger partial charge on any atom is -0.455 e. The molecule has 2 rings (SSSR count). The van der Waals surface area contributed by atoms with Crippen LogP contribution in [0.2, 0.25) is 0 Å². The maximum atomic E-state index is 13.5. The first-order valence-corrected chi connectivity index (χ1v) is 8.55. The molecule has 0 saturated carbocycles. The Morgan fingerprint density at radius 3 is 2.24 bits per heavy atom. The Bertz CT molecular complexity index is 917. The van der Waals surface area contributed by atoms with Crippen molar-refractivity contribution >= 4 is 23.5 Å². The molecular weight excluding hydrogens is 389 g/mol. The Hall–Kier alpha value is -3.36. The van der Waals surface area contributed by atoms with Crippen LogP contribution in [0.25, 0.3) is 0 Å². The molecule has 0 bridgehead atoms. The number of anilines is 1. The van der Waals surface area contributed by atoms with Crippen LogP contribution >= 0.6 is 0 Å². The number of carbonyl (C=O) groups excluding carboxylic acids is 3. The second-order valence-corrected chi connectivity index (χ2v) is 6.61. The Morgan fingerprint density at radius 1 is 0.931 bits per heavy atom. The third kappa shape index (κ3) is 5.56. The van der Waals surface area contributed by atoms with E-state index in [0.717, 1.165) is 6.07 Å². The zero-order valence-corrected chi connectivity index (χ0v) is 15.7. The summed E-state index contributed by atoms with van der Waals surface area (Å²) >= 11 is 0.